The van der Waals surface area contributed by atoms with Gasteiger partial charge in [0.2, 0.25) is 6.79 Å². The number of benzene rings is 3. The number of anilines is 1. The summed E-state index contributed by atoms with van der Waals surface area (Å²) in [5, 5.41) is 6.72. The Morgan fingerprint density at radius 3 is 2.25 bits per heavy atom. The topological polar surface area (TPSA) is 108 Å². The highest BCUT2D eigenvalue weighted by molar-refractivity contribution is 7.90. The first-order valence-corrected chi connectivity index (χ1v) is 12.1. The molecule has 0 radical (unpaired) electrons. The Morgan fingerprint density at radius 2 is 1.58 bits per heavy atom. The van der Waals surface area contributed by atoms with Crippen molar-refractivity contribution in [3.63, 3.8) is 0 Å². The number of sulfonamides is 1. The van der Waals surface area contributed by atoms with E-state index in [0.29, 0.717) is 39.7 Å². The van der Waals surface area contributed by atoms with Gasteiger partial charge in [-0.05, 0) is 35.0 Å². The second-order valence-electron chi connectivity index (χ2n) is 7.87. The second kappa shape index (κ2) is 8.75. The third-order valence-corrected chi connectivity index (χ3v) is 6.98. The lowest BCUT2D eigenvalue weighted by molar-refractivity contribution is -0.0447. The first kappa shape index (κ1) is 24.0. The molecule has 0 aliphatic carbocycles. The van der Waals surface area contributed by atoms with Gasteiger partial charge in [-0.1, -0.05) is 12.1 Å². The standard InChI is InChI=1S/C23H20F3N3O6S/c1-32-17-9-15-13-4-3-12-7-19-20(35-11-34-19)8-14(12)21(13)29-22(16(15)10-18(17)33-2)27-5-6-28-36(30,31)23(24,25)26/h3-4,7-10,28H,5-6,11H2,1-2H3,(H,27,29). The Bertz CT molecular complexity index is 1610. The molecule has 0 unspecified atom stereocenters. The number of nitrogens with zero attached hydrogens (tertiary/aromatic N) is 1. The van der Waals surface area contributed by atoms with Gasteiger partial charge in [0.25, 0.3) is 0 Å². The fourth-order valence-electron chi connectivity index (χ4n) is 4.09. The number of alkyl halides is 3. The normalized spacial score (nSPS) is 13.5. The van der Waals surface area contributed by atoms with E-state index in [4.69, 9.17) is 23.9 Å². The van der Waals surface area contributed by atoms with Gasteiger partial charge in [0.15, 0.2) is 23.0 Å². The average Bonchev–Trinajstić information content (AvgIpc) is 3.31. The van der Waals surface area contributed by atoms with Gasteiger partial charge in [0.05, 0.1) is 19.7 Å². The van der Waals surface area contributed by atoms with Crippen molar-refractivity contribution in [2.75, 3.05) is 39.4 Å². The van der Waals surface area contributed by atoms with Crippen LogP contribution in [0.4, 0.5) is 19.0 Å². The molecular formula is C23H20F3N3O6S. The zero-order valence-corrected chi connectivity index (χ0v) is 19.8. The van der Waals surface area contributed by atoms with Crippen molar-refractivity contribution >= 4 is 48.3 Å². The number of methoxy groups -OCH3 is 2. The van der Waals surface area contributed by atoms with Crippen molar-refractivity contribution in [3.05, 3.63) is 36.4 Å². The summed E-state index contributed by atoms with van der Waals surface area (Å²) >= 11 is 0. The number of halogens is 3. The van der Waals surface area contributed by atoms with Crippen molar-refractivity contribution in [2.24, 2.45) is 0 Å². The molecule has 2 N–H and O–H groups in total. The molecule has 190 valence electrons. The Balaban J connectivity index is 1.63. The lowest BCUT2D eigenvalue weighted by Gasteiger charge is -2.16. The van der Waals surface area contributed by atoms with Gasteiger partial charge in [-0.2, -0.15) is 13.2 Å². The Labute approximate surface area is 203 Å². The van der Waals surface area contributed by atoms with Crippen LogP contribution in [0.1, 0.15) is 0 Å². The molecule has 1 aliphatic heterocycles. The number of fused-ring (bicyclic) bond motifs is 6. The molecule has 2 heterocycles. The van der Waals surface area contributed by atoms with Crippen LogP contribution < -0.4 is 29.0 Å². The van der Waals surface area contributed by atoms with Gasteiger partial charge in [-0.25, -0.2) is 18.1 Å². The number of hydrogen-bond acceptors (Lipinski definition) is 8. The van der Waals surface area contributed by atoms with Gasteiger partial charge >= 0.3 is 15.5 Å². The molecule has 1 aliphatic rings. The minimum atomic E-state index is -5.46. The third kappa shape index (κ3) is 4.03. The van der Waals surface area contributed by atoms with Crippen LogP contribution in [0.15, 0.2) is 36.4 Å². The Hall–Kier alpha value is -3.71. The highest BCUT2D eigenvalue weighted by atomic mass is 32.2. The maximum Gasteiger partial charge on any atom is 0.511 e. The summed E-state index contributed by atoms with van der Waals surface area (Å²) in [6.07, 6.45) is 0. The fourth-order valence-corrected chi connectivity index (χ4v) is 4.62. The summed E-state index contributed by atoms with van der Waals surface area (Å²) in [6.45, 7) is -0.559. The molecule has 0 fully saturated rings. The van der Waals surface area contributed by atoms with E-state index in [1.807, 2.05) is 24.3 Å². The van der Waals surface area contributed by atoms with Gasteiger partial charge in [-0.15, -0.1) is 0 Å². The largest absolute Gasteiger partial charge is 0.511 e. The minimum Gasteiger partial charge on any atom is -0.493 e. The zero-order chi connectivity index (χ0) is 25.7. The summed E-state index contributed by atoms with van der Waals surface area (Å²) in [5.74, 6) is 2.42. The van der Waals surface area contributed by atoms with Crippen molar-refractivity contribution in [2.45, 2.75) is 5.51 Å². The summed E-state index contributed by atoms with van der Waals surface area (Å²) < 4.78 is 83.9. The molecule has 0 bridgehead atoms. The van der Waals surface area contributed by atoms with Gasteiger partial charge in [-0.3, -0.25) is 0 Å². The van der Waals surface area contributed by atoms with Crippen molar-refractivity contribution in [1.82, 2.24) is 9.71 Å². The molecule has 0 spiro atoms. The van der Waals surface area contributed by atoms with Crippen molar-refractivity contribution in [3.8, 4) is 23.0 Å². The fraction of sp³-hybridized carbons (Fsp3) is 0.261. The lowest BCUT2D eigenvalue weighted by Crippen LogP contribution is -2.38. The molecule has 9 nitrogen and oxygen atoms in total. The summed E-state index contributed by atoms with van der Waals surface area (Å²) in [5.41, 5.74) is -4.79. The molecule has 0 saturated heterocycles. The van der Waals surface area contributed by atoms with E-state index in [0.717, 1.165) is 21.5 Å². The number of aromatic nitrogens is 1. The van der Waals surface area contributed by atoms with E-state index in [1.165, 1.54) is 18.9 Å². The van der Waals surface area contributed by atoms with Crippen LogP contribution in [0.5, 0.6) is 23.0 Å². The third-order valence-electron chi connectivity index (χ3n) is 5.79. The Morgan fingerprint density at radius 1 is 0.917 bits per heavy atom. The van der Waals surface area contributed by atoms with E-state index < -0.39 is 22.1 Å². The van der Waals surface area contributed by atoms with Crippen LogP contribution >= 0.6 is 0 Å². The number of nitrogens with one attached hydrogen (secondary N) is 2. The van der Waals surface area contributed by atoms with E-state index in [2.05, 4.69) is 5.32 Å². The predicted molar refractivity (Wildman–Crippen MR) is 127 cm³/mol. The molecule has 0 amide bonds. The van der Waals surface area contributed by atoms with Crippen molar-refractivity contribution in [1.29, 1.82) is 0 Å². The molecule has 3 aromatic carbocycles. The van der Waals surface area contributed by atoms with Gasteiger partial charge < -0.3 is 24.3 Å². The summed E-state index contributed by atoms with van der Waals surface area (Å²) in [7, 11) is -2.47. The summed E-state index contributed by atoms with van der Waals surface area (Å²) in [4.78, 5) is 4.77. The molecule has 0 saturated carbocycles. The minimum absolute atomic E-state index is 0.109. The number of ether oxygens (including phenoxy) is 4. The summed E-state index contributed by atoms with van der Waals surface area (Å²) in [6, 6.07) is 11.0. The maximum atomic E-state index is 12.6. The smallest absolute Gasteiger partial charge is 0.493 e. The number of hydrogen-bond donors (Lipinski definition) is 2. The average molecular weight is 523 g/mol. The molecule has 1 aromatic heterocycles. The van der Waals surface area contributed by atoms with Crippen LogP contribution in [0.2, 0.25) is 0 Å². The van der Waals surface area contributed by atoms with Crippen LogP contribution in [0, 0.1) is 0 Å². The first-order valence-electron chi connectivity index (χ1n) is 10.6. The lowest BCUT2D eigenvalue weighted by atomic mass is 10.00. The quantitative estimate of drug-likeness (QED) is 0.275. The molecule has 13 heteroatoms. The highest BCUT2D eigenvalue weighted by Crippen LogP contribution is 2.42. The van der Waals surface area contributed by atoms with E-state index in [-0.39, 0.29) is 13.3 Å². The molecule has 4 aromatic rings. The van der Waals surface area contributed by atoms with Crippen LogP contribution in [0.25, 0.3) is 32.4 Å². The van der Waals surface area contributed by atoms with Crippen LogP contribution in [0.3, 0.4) is 0 Å². The predicted octanol–water partition coefficient (Wildman–Crippen LogP) is 4.14. The van der Waals surface area contributed by atoms with E-state index in [1.54, 1.807) is 12.1 Å². The SMILES string of the molecule is COc1cc2c(NCCNS(=O)(=O)C(F)(F)F)nc3c4cc5c(cc4ccc3c2cc1OC)OCO5. The molecular weight excluding hydrogens is 503 g/mol. The number of pyridine rings is 1. The van der Waals surface area contributed by atoms with Gasteiger partial charge in [0, 0.05) is 29.2 Å². The first-order chi connectivity index (χ1) is 17.1. The van der Waals surface area contributed by atoms with Crippen molar-refractivity contribution < 1.29 is 40.5 Å². The molecule has 36 heavy (non-hydrogen) atoms. The zero-order valence-electron chi connectivity index (χ0n) is 19.0. The molecule has 5 rings (SSSR count). The second-order valence-corrected chi connectivity index (χ2v) is 9.63. The maximum absolute atomic E-state index is 12.6. The van der Waals surface area contributed by atoms with Gasteiger partial charge in [0.1, 0.15) is 5.82 Å². The number of rotatable bonds is 7. The van der Waals surface area contributed by atoms with E-state index >= 15 is 0 Å². The van der Waals surface area contributed by atoms with Crippen LogP contribution in [-0.2, 0) is 10.0 Å². The van der Waals surface area contributed by atoms with Crippen LogP contribution in [-0.4, -0.2) is 53.0 Å². The monoisotopic (exact) mass is 523 g/mol. The Kier molecular flexibility index (Phi) is 5.83. The highest BCUT2D eigenvalue weighted by Gasteiger charge is 2.45. The molecule has 0 atom stereocenters. The van der Waals surface area contributed by atoms with E-state index in [9.17, 15) is 21.6 Å².